The molecule has 1 aliphatic heterocycles. The van der Waals surface area contributed by atoms with E-state index in [0.717, 1.165) is 19.3 Å². The fourth-order valence-corrected chi connectivity index (χ4v) is 3.05. The zero-order valence-electron chi connectivity index (χ0n) is 13.1. The summed E-state index contributed by atoms with van der Waals surface area (Å²) in [6, 6.07) is 6.12. The van der Waals surface area contributed by atoms with Crippen molar-refractivity contribution in [3.05, 3.63) is 24.3 Å². The van der Waals surface area contributed by atoms with Gasteiger partial charge in [0.25, 0.3) is 5.91 Å². The van der Waals surface area contributed by atoms with Gasteiger partial charge in [-0.1, -0.05) is 6.07 Å². The number of piperazine rings is 1. The number of hydrogen-bond acceptors (Lipinski definition) is 6. The third kappa shape index (κ3) is 5.19. The number of hydrogen-bond donors (Lipinski definition) is 1. The number of carbonyl (C=O) groups excluding carboxylic acids is 1. The van der Waals surface area contributed by atoms with Gasteiger partial charge in [0.2, 0.25) is 0 Å². The number of nitrogens with zero attached hydrogens (tertiary/aromatic N) is 2. The summed E-state index contributed by atoms with van der Waals surface area (Å²) in [6.07, 6.45) is 1.13. The third-order valence-corrected chi connectivity index (χ3v) is 4.85. The Hall–Kier alpha value is -1.64. The highest BCUT2D eigenvalue weighted by Gasteiger charge is 2.21. The lowest BCUT2D eigenvalue weighted by Crippen LogP contribution is -2.50. The minimum absolute atomic E-state index is 0.118. The molecule has 7 nitrogen and oxygen atoms in total. The molecule has 0 aliphatic carbocycles. The molecule has 0 spiro atoms. The first-order valence-electron chi connectivity index (χ1n) is 7.44. The quantitative estimate of drug-likeness (QED) is 0.757. The number of aliphatic hydroxyl groups excluding tert-OH is 1. The average molecular weight is 342 g/mol. The molecular weight excluding hydrogens is 320 g/mol. The van der Waals surface area contributed by atoms with Gasteiger partial charge in [0.1, 0.15) is 5.75 Å². The molecule has 1 heterocycles. The van der Waals surface area contributed by atoms with Gasteiger partial charge < -0.3 is 14.7 Å². The number of amides is 1. The van der Waals surface area contributed by atoms with Crippen LogP contribution in [-0.2, 0) is 14.6 Å². The monoisotopic (exact) mass is 342 g/mol. The van der Waals surface area contributed by atoms with E-state index in [1.165, 1.54) is 12.1 Å². The van der Waals surface area contributed by atoms with E-state index in [1.54, 1.807) is 17.0 Å². The number of sulfone groups is 1. The van der Waals surface area contributed by atoms with Crippen LogP contribution in [0.5, 0.6) is 5.75 Å². The molecule has 0 radical (unpaired) electrons. The highest BCUT2D eigenvalue weighted by Crippen LogP contribution is 2.17. The first-order valence-corrected chi connectivity index (χ1v) is 9.33. The zero-order valence-corrected chi connectivity index (χ0v) is 14.0. The Kier molecular flexibility index (Phi) is 5.97. The summed E-state index contributed by atoms with van der Waals surface area (Å²) in [6.45, 7) is 3.29. The van der Waals surface area contributed by atoms with Crippen LogP contribution in [0.3, 0.4) is 0 Å². The number of ether oxygens (including phenoxy) is 1. The molecular formula is C15H22N2O5S. The lowest BCUT2D eigenvalue weighted by molar-refractivity contribution is -0.135. The van der Waals surface area contributed by atoms with Gasteiger partial charge in [-0.15, -0.1) is 0 Å². The second-order valence-corrected chi connectivity index (χ2v) is 7.50. The highest BCUT2D eigenvalue weighted by molar-refractivity contribution is 7.90. The van der Waals surface area contributed by atoms with Gasteiger partial charge in [-0.25, -0.2) is 8.42 Å². The largest absolute Gasteiger partial charge is 0.484 e. The fraction of sp³-hybridized carbons (Fsp3) is 0.533. The molecule has 0 saturated carbocycles. The summed E-state index contributed by atoms with van der Waals surface area (Å²) < 4.78 is 28.4. The minimum Gasteiger partial charge on any atom is -0.484 e. The van der Waals surface area contributed by atoms with Crippen molar-refractivity contribution in [3.63, 3.8) is 0 Å². The Morgan fingerprint density at radius 2 is 1.96 bits per heavy atom. The van der Waals surface area contributed by atoms with Crippen molar-refractivity contribution in [1.82, 2.24) is 9.80 Å². The standard InChI is InChI=1S/C15H22N2O5S/c1-23(20,21)14-4-2-3-13(11-14)22-12-15(19)17-7-5-16(6-8-17)9-10-18/h2-4,11,18H,5-10,12H2,1H3. The van der Waals surface area contributed by atoms with E-state index in [-0.39, 0.29) is 24.0 Å². The van der Waals surface area contributed by atoms with Crippen LogP contribution in [0.4, 0.5) is 0 Å². The van der Waals surface area contributed by atoms with Crippen molar-refractivity contribution in [3.8, 4) is 5.75 Å². The van der Waals surface area contributed by atoms with Crippen LogP contribution < -0.4 is 4.74 Å². The minimum atomic E-state index is -3.30. The van der Waals surface area contributed by atoms with Gasteiger partial charge >= 0.3 is 0 Å². The van der Waals surface area contributed by atoms with E-state index in [4.69, 9.17) is 9.84 Å². The highest BCUT2D eigenvalue weighted by atomic mass is 32.2. The molecule has 23 heavy (non-hydrogen) atoms. The molecule has 2 rings (SSSR count). The predicted molar refractivity (Wildman–Crippen MR) is 85.2 cm³/mol. The second kappa shape index (κ2) is 7.76. The molecule has 0 aromatic heterocycles. The number of aliphatic hydroxyl groups is 1. The second-order valence-electron chi connectivity index (χ2n) is 5.48. The normalized spacial score (nSPS) is 16.3. The smallest absolute Gasteiger partial charge is 0.260 e. The summed E-state index contributed by atoms with van der Waals surface area (Å²) in [5, 5.41) is 8.90. The van der Waals surface area contributed by atoms with E-state index < -0.39 is 9.84 Å². The Labute approximate surface area is 136 Å². The topological polar surface area (TPSA) is 87.2 Å². The van der Waals surface area contributed by atoms with Crippen LogP contribution in [0.15, 0.2) is 29.2 Å². The summed E-state index contributed by atoms with van der Waals surface area (Å²) in [4.78, 5) is 16.1. The Morgan fingerprint density at radius 1 is 1.26 bits per heavy atom. The summed E-state index contributed by atoms with van der Waals surface area (Å²) in [5.41, 5.74) is 0. The summed E-state index contributed by atoms with van der Waals surface area (Å²) in [5.74, 6) is 0.235. The molecule has 0 bridgehead atoms. The maximum absolute atomic E-state index is 12.1. The van der Waals surface area contributed by atoms with Crippen molar-refractivity contribution in [1.29, 1.82) is 0 Å². The molecule has 1 N–H and O–H groups in total. The van der Waals surface area contributed by atoms with Gasteiger partial charge in [0.15, 0.2) is 16.4 Å². The maximum Gasteiger partial charge on any atom is 0.260 e. The molecule has 1 amide bonds. The number of rotatable bonds is 6. The molecule has 1 aromatic rings. The zero-order chi connectivity index (χ0) is 16.9. The van der Waals surface area contributed by atoms with Crippen molar-refractivity contribution in [2.24, 2.45) is 0 Å². The predicted octanol–water partition coefficient (Wildman–Crippen LogP) is -0.395. The van der Waals surface area contributed by atoms with Gasteiger partial charge in [-0.2, -0.15) is 0 Å². The molecule has 0 unspecified atom stereocenters. The Morgan fingerprint density at radius 3 is 2.57 bits per heavy atom. The lowest BCUT2D eigenvalue weighted by atomic mass is 10.3. The average Bonchev–Trinajstić information content (AvgIpc) is 2.53. The van der Waals surface area contributed by atoms with E-state index in [9.17, 15) is 13.2 Å². The van der Waals surface area contributed by atoms with Gasteiger partial charge in [-0.05, 0) is 18.2 Å². The number of carbonyl (C=O) groups is 1. The maximum atomic E-state index is 12.1. The Bertz CT molecular complexity index is 639. The van der Waals surface area contributed by atoms with E-state index in [0.29, 0.717) is 25.4 Å². The van der Waals surface area contributed by atoms with E-state index >= 15 is 0 Å². The molecule has 1 fully saturated rings. The van der Waals surface area contributed by atoms with Crippen LogP contribution in [0, 0.1) is 0 Å². The number of β-amino-alcohol motifs (C(OH)–C–C–N with tert-alkyl or cyclic N) is 1. The lowest BCUT2D eigenvalue weighted by Gasteiger charge is -2.34. The molecule has 1 aliphatic rings. The third-order valence-electron chi connectivity index (χ3n) is 3.74. The van der Waals surface area contributed by atoms with Gasteiger partial charge in [0.05, 0.1) is 11.5 Å². The van der Waals surface area contributed by atoms with Crippen LogP contribution in [0.2, 0.25) is 0 Å². The van der Waals surface area contributed by atoms with Crippen LogP contribution in [0.1, 0.15) is 0 Å². The van der Waals surface area contributed by atoms with E-state index in [2.05, 4.69) is 4.90 Å². The molecule has 1 saturated heterocycles. The number of benzene rings is 1. The van der Waals surface area contributed by atoms with Crippen LogP contribution in [0.25, 0.3) is 0 Å². The molecule has 8 heteroatoms. The van der Waals surface area contributed by atoms with Crippen molar-refractivity contribution >= 4 is 15.7 Å². The van der Waals surface area contributed by atoms with Gasteiger partial charge in [-0.3, -0.25) is 9.69 Å². The van der Waals surface area contributed by atoms with Gasteiger partial charge in [0, 0.05) is 39.0 Å². The first-order chi connectivity index (χ1) is 10.9. The fourth-order valence-electron chi connectivity index (χ4n) is 2.39. The molecule has 0 atom stereocenters. The van der Waals surface area contributed by atoms with Crippen molar-refractivity contribution < 1.29 is 23.1 Å². The van der Waals surface area contributed by atoms with Crippen molar-refractivity contribution in [2.75, 3.05) is 52.2 Å². The SMILES string of the molecule is CS(=O)(=O)c1cccc(OCC(=O)N2CCN(CCO)CC2)c1. The molecule has 128 valence electrons. The van der Waals surface area contributed by atoms with E-state index in [1.807, 2.05) is 0 Å². The van der Waals surface area contributed by atoms with Crippen LogP contribution in [-0.4, -0.2) is 81.4 Å². The molecule has 1 aromatic carbocycles. The van der Waals surface area contributed by atoms with Crippen LogP contribution >= 0.6 is 0 Å². The first kappa shape index (κ1) is 17.7. The Balaban J connectivity index is 1.86. The van der Waals surface area contributed by atoms with Crippen molar-refractivity contribution in [2.45, 2.75) is 4.90 Å². The summed E-state index contributed by atoms with van der Waals surface area (Å²) in [7, 11) is -3.30. The summed E-state index contributed by atoms with van der Waals surface area (Å²) >= 11 is 0.